The Hall–Kier alpha value is -3.57. The minimum Gasteiger partial charge on any atom is -0.492 e. The molecule has 0 atom stereocenters. The highest BCUT2D eigenvalue weighted by Gasteiger charge is 2.08. The van der Waals surface area contributed by atoms with Crippen molar-refractivity contribution in [1.29, 1.82) is 0 Å². The van der Waals surface area contributed by atoms with Crippen LogP contribution in [-0.2, 0) is 17.9 Å². The lowest BCUT2D eigenvalue weighted by Crippen LogP contribution is -2.23. The molecule has 1 heterocycles. The quantitative estimate of drug-likeness (QED) is 0.308. The summed E-state index contributed by atoms with van der Waals surface area (Å²) in [7, 11) is 0. The second kappa shape index (κ2) is 11.3. The summed E-state index contributed by atoms with van der Waals surface area (Å²) in [4.78, 5) is 16.4. The van der Waals surface area contributed by atoms with E-state index in [2.05, 4.69) is 46.7 Å². The first kappa shape index (κ1) is 22.6. The minimum absolute atomic E-state index is 0.00300. The summed E-state index contributed by atoms with van der Waals surface area (Å²) in [6.07, 6.45) is 6.57. The standard InChI is InChI=1S/C27H26ClN3O2/c28-25-8-3-4-9-26(25)33-17-5-10-27(32)30-18-23-6-1-2-7-24(23)22-13-11-21(12-14-22)19-31-16-15-29-20-31/h1-4,6-9,11-16,20H,5,10,17-19H2,(H,30,32). The molecule has 6 heteroatoms. The van der Waals surface area contributed by atoms with Crippen molar-refractivity contribution < 1.29 is 9.53 Å². The predicted octanol–water partition coefficient (Wildman–Crippen LogP) is 5.73. The fourth-order valence-electron chi connectivity index (χ4n) is 3.60. The van der Waals surface area contributed by atoms with E-state index in [1.165, 1.54) is 5.56 Å². The second-order valence-corrected chi connectivity index (χ2v) is 8.16. The average Bonchev–Trinajstić information content (AvgIpc) is 3.35. The number of nitrogens with zero attached hydrogens (tertiary/aromatic N) is 2. The van der Waals surface area contributed by atoms with Crippen LogP contribution < -0.4 is 10.1 Å². The normalized spacial score (nSPS) is 10.7. The maximum Gasteiger partial charge on any atom is 0.220 e. The van der Waals surface area contributed by atoms with Crippen LogP contribution in [0.5, 0.6) is 5.75 Å². The van der Waals surface area contributed by atoms with Crippen LogP contribution in [0.25, 0.3) is 11.1 Å². The molecule has 0 bridgehead atoms. The van der Waals surface area contributed by atoms with E-state index in [1.807, 2.05) is 47.4 Å². The molecule has 0 unspecified atom stereocenters. The Morgan fingerprint density at radius 1 is 1.00 bits per heavy atom. The van der Waals surface area contributed by atoms with Crippen LogP contribution in [0.2, 0.25) is 5.02 Å². The zero-order valence-electron chi connectivity index (χ0n) is 18.3. The number of imidazole rings is 1. The van der Waals surface area contributed by atoms with Crippen molar-refractivity contribution >= 4 is 17.5 Å². The number of hydrogen-bond acceptors (Lipinski definition) is 3. The van der Waals surface area contributed by atoms with Gasteiger partial charge in [-0.15, -0.1) is 0 Å². The molecule has 1 amide bonds. The number of aromatic nitrogens is 2. The van der Waals surface area contributed by atoms with Crippen LogP contribution in [0, 0.1) is 0 Å². The molecule has 5 nitrogen and oxygen atoms in total. The molecule has 1 N–H and O–H groups in total. The Kier molecular flexibility index (Phi) is 7.77. The van der Waals surface area contributed by atoms with Crippen molar-refractivity contribution in [3.63, 3.8) is 0 Å². The largest absolute Gasteiger partial charge is 0.492 e. The summed E-state index contributed by atoms with van der Waals surface area (Å²) < 4.78 is 7.69. The van der Waals surface area contributed by atoms with Crippen LogP contribution in [-0.4, -0.2) is 22.1 Å². The van der Waals surface area contributed by atoms with Gasteiger partial charge in [-0.3, -0.25) is 4.79 Å². The number of nitrogens with one attached hydrogen (secondary N) is 1. The molecule has 0 saturated heterocycles. The summed E-state index contributed by atoms with van der Waals surface area (Å²) >= 11 is 6.08. The van der Waals surface area contributed by atoms with Crippen molar-refractivity contribution in [2.75, 3.05) is 6.61 Å². The number of carbonyl (C=O) groups excluding carboxylic acids is 1. The molecule has 0 spiro atoms. The third-order valence-corrected chi connectivity index (χ3v) is 5.64. The first-order valence-corrected chi connectivity index (χ1v) is 11.3. The number of para-hydroxylation sites is 1. The van der Waals surface area contributed by atoms with Crippen LogP contribution in [0.1, 0.15) is 24.0 Å². The summed E-state index contributed by atoms with van der Waals surface area (Å²) in [5.74, 6) is 0.646. The first-order valence-electron chi connectivity index (χ1n) is 11.0. The van der Waals surface area contributed by atoms with Gasteiger partial charge >= 0.3 is 0 Å². The minimum atomic E-state index is 0.00300. The topological polar surface area (TPSA) is 56.1 Å². The molecule has 0 fully saturated rings. The van der Waals surface area contributed by atoms with E-state index in [1.54, 1.807) is 12.3 Å². The molecule has 3 aromatic carbocycles. The first-order chi connectivity index (χ1) is 16.2. The molecular formula is C27H26ClN3O2. The number of rotatable bonds is 10. The van der Waals surface area contributed by atoms with Crippen LogP contribution in [0.3, 0.4) is 0 Å². The maximum absolute atomic E-state index is 12.3. The van der Waals surface area contributed by atoms with Crippen molar-refractivity contribution in [3.8, 4) is 16.9 Å². The SMILES string of the molecule is O=C(CCCOc1ccccc1Cl)NCc1ccccc1-c1ccc(Cn2ccnc2)cc1. The summed E-state index contributed by atoms with van der Waals surface area (Å²) in [6.45, 7) is 1.72. The highest BCUT2D eigenvalue weighted by atomic mass is 35.5. The number of carbonyl (C=O) groups is 1. The number of benzene rings is 3. The molecule has 0 radical (unpaired) electrons. The van der Waals surface area contributed by atoms with E-state index < -0.39 is 0 Å². The van der Waals surface area contributed by atoms with Crippen molar-refractivity contribution in [3.05, 3.63) is 108 Å². The molecule has 33 heavy (non-hydrogen) atoms. The van der Waals surface area contributed by atoms with Crippen molar-refractivity contribution in [1.82, 2.24) is 14.9 Å². The predicted molar refractivity (Wildman–Crippen MR) is 131 cm³/mol. The molecule has 0 aliphatic rings. The Labute approximate surface area is 199 Å². The highest BCUT2D eigenvalue weighted by Crippen LogP contribution is 2.25. The van der Waals surface area contributed by atoms with E-state index >= 15 is 0 Å². The van der Waals surface area contributed by atoms with Gasteiger partial charge in [-0.05, 0) is 40.8 Å². The van der Waals surface area contributed by atoms with Gasteiger partial charge < -0.3 is 14.6 Å². The van der Waals surface area contributed by atoms with Crippen molar-refractivity contribution in [2.45, 2.75) is 25.9 Å². The maximum atomic E-state index is 12.3. The Balaban J connectivity index is 1.28. The fraction of sp³-hybridized carbons (Fsp3) is 0.185. The van der Waals surface area contributed by atoms with Gasteiger partial charge in [0.15, 0.2) is 0 Å². The average molecular weight is 460 g/mol. The van der Waals surface area contributed by atoms with Gasteiger partial charge in [0.25, 0.3) is 0 Å². The summed E-state index contributed by atoms with van der Waals surface area (Å²) in [6, 6.07) is 24.0. The Morgan fingerprint density at radius 2 is 1.79 bits per heavy atom. The van der Waals surface area contributed by atoms with Gasteiger partial charge in [0.2, 0.25) is 5.91 Å². The van der Waals surface area contributed by atoms with E-state index in [-0.39, 0.29) is 5.91 Å². The lowest BCUT2D eigenvalue weighted by atomic mass is 9.98. The fourth-order valence-corrected chi connectivity index (χ4v) is 3.79. The lowest BCUT2D eigenvalue weighted by molar-refractivity contribution is -0.121. The van der Waals surface area contributed by atoms with E-state index in [9.17, 15) is 4.79 Å². The van der Waals surface area contributed by atoms with Crippen LogP contribution in [0.4, 0.5) is 0 Å². The molecular weight excluding hydrogens is 434 g/mol. The lowest BCUT2D eigenvalue weighted by Gasteiger charge is -2.12. The molecule has 0 saturated carbocycles. The van der Waals surface area contributed by atoms with Crippen LogP contribution in [0.15, 0.2) is 91.5 Å². The smallest absolute Gasteiger partial charge is 0.220 e. The second-order valence-electron chi connectivity index (χ2n) is 7.75. The molecule has 4 rings (SSSR count). The summed E-state index contributed by atoms with van der Waals surface area (Å²) in [5.41, 5.74) is 4.54. The van der Waals surface area contributed by atoms with Gasteiger partial charge in [-0.2, -0.15) is 0 Å². The van der Waals surface area contributed by atoms with Crippen molar-refractivity contribution in [2.24, 2.45) is 0 Å². The molecule has 1 aromatic heterocycles. The zero-order chi connectivity index (χ0) is 22.9. The molecule has 168 valence electrons. The van der Waals surface area contributed by atoms with Gasteiger partial charge in [-0.25, -0.2) is 4.98 Å². The third-order valence-electron chi connectivity index (χ3n) is 5.33. The summed E-state index contributed by atoms with van der Waals surface area (Å²) in [5, 5.41) is 3.61. The van der Waals surface area contributed by atoms with Gasteiger partial charge in [0.1, 0.15) is 5.75 Å². The van der Waals surface area contributed by atoms with Gasteiger partial charge in [0, 0.05) is 31.9 Å². The Bertz CT molecular complexity index is 1170. The molecule has 0 aliphatic carbocycles. The van der Waals surface area contributed by atoms with E-state index in [0.29, 0.717) is 36.8 Å². The number of ether oxygens (including phenoxy) is 1. The highest BCUT2D eigenvalue weighted by molar-refractivity contribution is 6.32. The molecule has 4 aromatic rings. The monoisotopic (exact) mass is 459 g/mol. The third kappa shape index (κ3) is 6.46. The number of amides is 1. The van der Waals surface area contributed by atoms with E-state index in [0.717, 1.165) is 23.2 Å². The van der Waals surface area contributed by atoms with Gasteiger partial charge in [-0.1, -0.05) is 72.3 Å². The number of hydrogen-bond donors (Lipinski definition) is 1. The van der Waals surface area contributed by atoms with E-state index in [4.69, 9.17) is 16.3 Å². The Morgan fingerprint density at radius 3 is 2.58 bits per heavy atom. The molecule has 0 aliphatic heterocycles. The van der Waals surface area contributed by atoms with Gasteiger partial charge in [0.05, 0.1) is 18.0 Å². The van der Waals surface area contributed by atoms with Crippen LogP contribution >= 0.6 is 11.6 Å². The zero-order valence-corrected chi connectivity index (χ0v) is 19.0. The number of halogens is 1.